The van der Waals surface area contributed by atoms with E-state index in [1.54, 1.807) is 6.07 Å². The minimum atomic E-state index is -0.117. The molecule has 7 heteroatoms. The van der Waals surface area contributed by atoms with E-state index in [-0.39, 0.29) is 30.1 Å². The number of ether oxygens (including phenoxy) is 1. The van der Waals surface area contributed by atoms with Crippen LogP contribution in [0.15, 0.2) is 23.1 Å². The van der Waals surface area contributed by atoms with Crippen molar-refractivity contribution in [2.24, 2.45) is 0 Å². The molecule has 2 aliphatic heterocycles. The summed E-state index contributed by atoms with van der Waals surface area (Å²) in [5.74, 6) is 0.278. The van der Waals surface area contributed by atoms with Crippen molar-refractivity contribution in [2.75, 3.05) is 30.7 Å². The molecule has 0 aliphatic carbocycles. The molecule has 3 atom stereocenters. The third-order valence-corrected chi connectivity index (χ3v) is 5.58. The summed E-state index contributed by atoms with van der Waals surface area (Å²) in [4.78, 5) is 27.3. The van der Waals surface area contributed by atoms with E-state index >= 15 is 0 Å². The summed E-state index contributed by atoms with van der Waals surface area (Å²) in [6, 6.07) is 5.69. The Morgan fingerprint density at radius 3 is 2.84 bits per heavy atom. The van der Waals surface area contributed by atoms with Crippen LogP contribution in [0.25, 0.3) is 0 Å². The molecule has 2 amide bonds. The zero-order chi connectivity index (χ0) is 18.0. The van der Waals surface area contributed by atoms with Crippen LogP contribution in [0, 0.1) is 0 Å². The molecular formula is C18H25N3O3S. The largest absolute Gasteiger partial charge is 0.373 e. The number of carbonyl (C=O) groups excluding carboxylic acids is 2. The zero-order valence-corrected chi connectivity index (χ0v) is 15.7. The smallest absolute Gasteiger partial charge is 0.251 e. The molecule has 2 aliphatic rings. The molecule has 0 bridgehead atoms. The molecule has 3 unspecified atom stereocenters. The average molecular weight is 363 g/mol. The van der Waals surface area contributed by atoms with Crippen LogP contribution in [0.1, 0.15) is 31.1 Å². The Labute approximate surface area is 152 Å². The summed E-state index contributed by atoms with van der Waals surface area (Å²) < 4.78 is 5.76. The fourth-order valence-corrected chi connectivity index (χ4v) is 4.06. The van der Waals surface area contributed by atoms with Crippen LogP contribution in [0.3, 0.4) is 0 Å². The highest BCUT2D eigenvalue weighted by Crippen LogP contribution is 2.31. The number of carbonyl (C=O) groups is 2. The maximum Gasteiger partial charge on any atom is 0.251 e. The van der Waals surface area contributed by atoms with Crippen LogP contribution in [0.5, 0.6) is 0 Å². The van der Waals surface area contributed by atoms with Crippen molar-refractivity contribution in [3.8, 4) is 0 Å². The molecule has 0 saturated carbocycles. The van der Waals surface area contributed by atoms with Crippen molar-refractivity contribution >= 4 is 29.3 Å². The van der Waals surface area contributed by atoms with E-state index in [1.165, 1.54) is 11.8 Å². The van der Waals surface area contributed by atoms with Gasteiger partial charge in [0.25, 0.3) is 5.91 Å². The second-order valence-electron chi connectivity index (χ2n) is 6.82. The molecule has 2 N–H and O–H groups in total. The Balaban J connectivity index is 1.57. The molecule has 0 radical (unpaired) electrons. The molecule has 6 nitrogen and oxygen atoms in total. The van der Waals surface area contributed by atoms with Crippen molar-refractivity contribution in [2.45, 2.75) is 43.9 Å². The maximum atomic E-state index is 12.5. The van der Waals surface area contributed by atoms with E-state index < -0.39 is 0 Å². The van der Waals surface area contributed by atoms with Crippen LogP contribution in [-0.4, -0.2) is 60.4 Å². The number of morpholine rings is 1. The molecule has 0 spiro atoms. The summed E-state index contributed by atoms with van der Waals surface area (Å²) in [5, 5.41) is 5.82. The fourth-order valence-electron chi connectivity index (χ4n) is 3.27. The molecule has 2 heterocycles. The number of thioether (sulfide) groups is 1. The lowest BCUT2D eigenvalue weighted by molar-refractivity contribution is -0.113. The highest BCUT2D eigenvalue weighted by atomic mass is 32.2. The number of nitrogens with one attached hydrogen (secondary N) is 2. The summed E-state index contributed by atoms with van der Waals surface area (Å²) in [6.45, 7) is 8.61. The number of nitrogens with zero attached hydrogens (tertiary/aromatic N) is 1. The first kappa shape index (κ1) is 18.2. The topological polar surface area (TPSA) is 70.7 Å². The zero-order valence-electron chi connectivity index (χ0n) is 14.9. The van der Waals surface area contributed by atoms with Gasteiger partial charge in [0.2, 0.25) is 5.91 Å². The Morgan fingerprint density at radius 1 is 1.40 bits per heavy atom. The van der Waals surface area contributed by atoms with Gasteiger partial charge in [0.05, 0.1) is 23.6 Å². The Hall–Kier alpha value is -1.57. The second-order valence-corrected chi connectivity index (χ2v) is 7.84. The van der Waals surface area contributed by atoms with Crippen molar-refractivity contribution in [1.29, 1.82) is 0 Å². The van der Waals surface area contributed by atoms with Gasteiger partial charge in [0.15, 0.2) is 0 Å². The highest BCUT2D eigenvalue weighted by molar-refractivity contribution is 8.00. The summed E-state index contributed by atoms with van der Waals surface area (Å²) in [6.07, 6.45) is 0.423. The number of amides is 2. The van der Waals surface area contributed by atoms with Gasteiger partial charge in [-0.15, -0.1) is 11.8 Å². The predicted octanol–water partition coefficient (Wildman–Crippen LogP) is 1.96. The van der Waals surface area contributed by atoms with E-state index in [2.05, 4.69) is 36.3 Å². The second kappa shape index (κ2) is 7.76. The van der Waals surface area contributed by atoms with Crippen molar-refractivity contribution in [3.63, 3.8) is 0 Å². The van der Waals surface area contributed by atoms with Gasteiger partial charge < -0.3 is 15.4 Å². The number of rotatable bonds is 4. The lowest BCUT2D eigenvalue weighted by Crippen LogP contribution is -2.52. The minimum Gasteiger partial charge on any atom is -0.373 e. The van der Waals surface area contributed by atoms with Gasteiger partial charge in [-0.05, 0) is 39.0 Å². The fraction of sp³-hybridized carbons (Fsp3) is 0.556. The summed E-state index contributed by atoms with van der Waals surface area (Å²) in [7, 11) is 0. The quantitative estimate of drug-likeness (QED) is 0.856. The van der Waals surface area contributed by atoms with E-state index in [0.717, 1.165) is 23.7 Å². The van der Waals surface area contributed by atoms with E-state index in [9.17, 15) is 9.59 Å². The van der Waals surface area contributed by atoms with Crippen molar-refractivity contribution in [3.05, 3.63) is 23.8 Å². The number of fused-ring (bicyclic) bond motifs is 1. The number of hydrogen-bond acceptors (Lipinski definition) is 5. The molecule has 1 aromatic rings. The van der Waals surface area contributed by atoms with Crippen LogP contribution in [-0.2, 0) is 9.53 Å². The monoisotopic (exact) mass is 363 g/mol. The molecular weight excluding hydrogens is 338 g/mol. The van der Waals surface area contributed by atoms with Gasteiger partial charge in [0.1, 0.15) is 0 Å². The van der Waals surface area contributed by atoms with Crippen molar-refractivity contribution < 1.29 is 14.3 Å². The number of benzene rings is 1. The van der Waals surface area contributed by atoms with Crippen molar-refractivity contribution in [1.82, 2.24) is 10.2 Å². The molecule has 1 saturated heterocycles. The SMILES string of the molecule is CC1CN(C(C)CNC(=O)c2ccc3c(c2)NC(=O)CS3)CC(C)O1. The van der Waals surface area contributed by atoms with Gasteiger partial charge in [-0.25, -0.2) is 0 Å². The number of anilines is 1. The molecule has 136 valence electrons. The highest BCUT2D eigenvalue weighted by Gasteiger charge is 2.26. The third kappa shape index (κ3) is 4.54. The lowest BCUT2D eigenvalue weighted by Gasteiger charge is -2.39. The van der Waals surface area contributed by atoms with Gasteiger partial charge in [-0.1, -0.05) is 0 Å². The van der Waals surface area contributed by atoms with Gasteiger partial charge in [-0.3, -0.25) is 14.5 Å². The average Bonchev–Trinajstić information content (AvgIpc) is 2.57. The number of hydrogen-bond donors (Lipinski definition) is 2. The van der Waals surface area contributed by atoms with Gasteiger partial charge in [-0.2, -0.15) is 0 Å². The van der Waals surface area contributed by atoms with Crippen LogP contribution < -0.4 is 10.6 Å². The predicted molar refractivity (Wildman–Crippen MR) is 99.2 cm³/mol. The first-order valence-corrected chi connectivity index (χ1v) is 9.65. The molecule has 1 fully saturated rings. The Morgan fingerprint density at radius 2 is 2.12 bits per heavy atom. The van der Waals surface area contributed by atoms with Gasteiger partial charge >= 0.3 is 0 Å². The first-order valence-electron chi connectivity index (χ1n) is 8.67. The van der Waals surface area contributed by atoms with E-state index in [0.29, 0.717) is 17.9 Å². The molecule has 0 aromatic heterocycles. The van der Waals surface area contributed by atoms with E-state index in [1.807, 2.05) is 12.1 Å². The van der Waals surface area contributed by atoms with Crippen LogP contribution in [0.2, 0.25) is 0 Å². The summed E-state index contributed by atoms with van der Waals surface area (Å²) in [5.41, 5.74) is 1.29. The molecule has 25 heavy (non-hydrogen) atoms. The Kier molecular flexibility index (Phi) is 5.66. The third-order valence-electron chi connectivity index (χ3n) is 4.50. The first-order chi connectivity index (χ1) is 11.9. The minimum absolute atomic E-state index is 0.0285. The van der Waals surface area contributed by atoms with Crippen LogP contribution in [0.4, 0.5) is 5.69 Å². The molecule has 3 rings (SSSR count). The maximum absolute atomic E-state index is 12.5. The Bertz CT molecular complexity index is 657. The molecule has 1 aromatic carbocycles. The normalized spacial score (nSPS) is 25.0. The van der Waals surface area contributed by atoms with E-state index in [4.69, 9.17) is 4.74 Å². The lowest BCUT2D eigenvalue weighted by atomic mass is 10.1. The summed E-state index contributed by atoms with van der Waals surface area (Å²) >= 11 is 1.49. The standard InChI is InChI=1S/C18H25N3O3S/c1-11(21-8-12(2)24-13(3)9-21)7-19-18(23)14-4-5-16-15(6-14)20-17(22)10-25-16/h4-6,11-13H,7-10H2,1-3H3,(H,19,23)(H,20,22). The van der Waals surface area contributed by atoms with Crippen LogP contribution >= 0.6 is 11.8 Å². The van der Waals surface area contributed by atoms with Gasteiger partial charge in [0, 0.05) is 36.1 Å².